The van der Waals surface area contributed by atoms with Crippen molar-refractivity contribution >= 4 is 11.6 Å². The molecule has 1 aliphatic heterocycles. The van der Waals surface area contributed by atoms with Crippen molar-refractivity contribution in [3.05, 3.63) is 54.1 Å². The van der Waals surface area contributed by atoms with E-state index in [0.717, 1.165) is 6.07 Å². The van der Waals surface area contributed by atoms with Crippen molar-refractivity contribution in [2.24, 2.45) is 0 Å². The lowest BCUT2D eigenvalue weighted by molar-refractivity contribution is -0.118. The van der Waals surface area contributed by atoms with Crippen LogP contribution in [-0.4, -0.2) is 29.4 Å². The maximum atomic E-state index is 14.1. The lowest BCUT2D eigenvalue weighted by atomic mass is 10.2. The zero-order valence-electron chi connectivity index (χ0n) is 13.1. The van der Waals surface area contributed by atoms with E-state index in [1.807, 2.05) is 0 Å². The van der Waals surface area contributed by atoms with E-state index in [-0.39, 0.29) is 18.0 Å². The molecule has 1 amide bonds. The fraction of sp³-hybridized carbons (Fsp3) is 0.294. The number of benzene rings is 1. The largest absolute Gasteiger partial charge is 0.484 e. The van der Waals surface area contributed by atoms with E-state index in [0.29, 0.717) is 5.69 Å². The van der Waals surface area contributed by atoms with E-state index in [1.54, 1.807) is 24.4 Å². The van der Waals surface area contributed by atoms with Crippen molar-refractivity contribution in [1.29, 1.82) is 0 Å². The van der Waals surface area contributed by atoms with Crippen LogP contribution in [0.5, 0.6) is 5.75 Å². The topological polar surface area (TPSA) is 63.2 Å². The highest BCUT2D eigenvalue weighted by Gasteiger charge is 2.42. The summed E-state index contributed by atoms with van der Waals surface area (Å²) in [7, 11) is 0. The van der Waals surface area contributed by atoms with E-state index in [9.17, 15) is 18.0 Å². The number of nitrogens with one attached hydrogen (secondary N) is 2. The number of pyridine rings is 1. The fourth-order valence-electron chi connectivity index (χ4n) is 2.46. The smallest absolute Gasteiger partial charge is 0.262 e. The zero-order valence-corrected chi connectivity index (χ0v) is 13.1. The number of carbonyl (C=O) groups excluding carboxylic acids is 1. The molecule has 3 rings (SSSR count). The van der Waals surface area contributed by atoms with Gasteiger partial charge in [0.25, 0.3) is 5.92 Å². The van der Waals surface area contributed by atoms with Gasteiger partial charge < -0.3 is 10.1 Å². The van der Waals surface area contributed by atoms with Crippen LogP contribution < -0.4 is 15.4 Å². The Hall–Kier alpha value is -2.61. The Balaban J connectivity index is 1.59. The van der Waals surface area contributed by atoms with Gasteiger partial charge in [0.2, 0.25) is 5.91 Å². The summed E-state index contributed by atoms with van der Waals surface area (Å²) in [5.74, 6) is -4.19. The molecule has 132 valence electrons. The van der Waals surface area contributed by atoms with Crippen LogP contribution in [0.15, 0.2) is 42.6 Å². The monoisotopic (exact) mass is 351 g/mol. The number of nitrogens with zero attached hydrogens (tertiary/aromatic N) is 1. The summed E-state index contributed by atoms with van der Waals surface area (Å²) >= 11 is 0. The number of amides is 1. The molecule has 2 heterocycles. The van der Waals surface area contributed by atoms with Gasteiger partial charge in [-0.2, -0.15) is 0 Å². The summed E-state index contributed by atoms with van der Waals surface area (Å²) < 4.78 is 45.6. The first-order valence-electron chi connectivity index (χ1n) is 7.67. The lowest BCUT2D eigenvalue weighted by Crippen LogP contribution is -2.35. The minimum absolute atomic E-state index is 0.00850. The standard InChI is InChI=1S/C17H16F3N3O2/c18-13-7-11(23-16(24)14-8-17(19,20)10-22-14)4-5-15(13)25-9-12-3-1-2-6-21-12/h1-7,14,22H,8-10H2,(H,23,24). The number of hydrogen-bond acceptors (Lipinski definition) is 4. The van der Waals surface area contributed by atoms with E-state index in [4.69, 9.17) is 4.74 Å². The minimum atomic E-state index is -2.91. The number of anilines is 1. The summed E-state index contributed by atoms with van der Waals surface area (Å²) in [5, 5.41) is 4.86. The second-order valence-electron chi connectivity index (χ2n) is 5.74. The molecule has 1 aromatic carbocycles. The van der Waals surface area contributed by atoms with Gasteiger partial charge in [-0.25, -0.2) is 13.2 Å². The fourth-order valence-corrected chi connectivity index (χ4v) is 2.46. The van der Waals surface area contributed by atoms with Gasteiger partial charge in [0.1, 0.15) is 6.61 Å². The second kappa shape index (κ2) is 7.10. The average Bonchev–Trinajstić information content (AvgIpc) is 2.95. The Bertz CT molecular complexity index is 756. The van der Waals surface area contributed by atoms with Gasteiger partial charge in [-0.1, -0.05) is 6.07 Å². The van der Waals surface area contributed by atoms with Crippen LogP contribution in [0.1, 0.15) is 12.1 Å². The van der Waals surface area contributed by atoms with Crippen LogP contribution in [0.3, 0.4) is 0 Å². The molecule has 1 aromatic heterocycles. The lowest BCUT2D eigenvalue weighted by Gasteiger charge is -2.12. The maximum absolute atomic E-state index is 14.1. The third-order valence-electron chi connectivity index (χ3n) is 3.73. The highest BCUT2D eigenvalue weighted by molar-refractivity contribution is 5.95. The average molecular weight is 351 g/mol. The van der Waals surface area contributed by atoms with Crippen molar-refractivity contribution in [3.8, 4) is 5.75 Å². The zero-order chi connectivity index (χ0) is 17.9. The Morgan fingerprint density at radius 3 is 2.84 bits per heavy atom. The number of hydrogen-bond donors (Lipinski definition) is 2. The molecule has 25 heavy (non-hydrogen) atoms. The molecule has 2 aromatic rings. The number of aromatic nitrogens is 1. The SMILES string of the molecule is O=C(Nc1ccc(OCc2ccccn2)c(F)c1)C1CC(F)(F)CN1. The predicted molar refractivity (Wildman–Crippen MR) is 85.0 cm³/mol. The summed E-state index contributed by atoms with van der Waals surface area (Å²) in [4.78, 5) is 16.0. The van der Waals surface area contributed by atoms with Gasteiger partial charge in [0, 0.05) is 24.4 Å². The third kappa shape index (κ3) is 4.48. The molecule has 0 radical (unpaired) electrons. The highest BCUT2D eigenvalue weighted by Crippen LogP contribution is 2.26. The number of alkyl halides is 2. The van der Waals surface area contributed by atoms with Crippen LogP contribution in [0.2, 0.25) is 0 Å². The molecule has 0 saturated carbocycles. The van der Waals surface area contributed by atoms with Gasteiger partial charge in [-0.3, -0.25) is 15.1 Å². The summed E-state index contributed by atoms with van der Waals surface area (Å²) in [6.07, 6.45) is 1.03. The first kappa shape index (κ1) is 17.2. The first-order valence-corrected chi connectivity index (χ1v) is 7.67. The Morgan fingerprint density at radius 1 is 1.36 bits per heavy atom. The third-order valence-corrected chi connectivity index (χ3v) is 3.73. The first-order chi connectivity index (χ1) is 11.9. The summed E-state index contributed by atoms with van der Waals surface area (Å²) in [6.45, 7) is -0.440. The van der Waals surface area contributed by atoms with Crippen molar-refractivity contribution in [2.45, 2.75) is 25.0 Å². The van der Waals surface area contributed by atoms with Crippen molar-refractivity contribution in [1.82, 2.24) is 10.3 Å². The van der Waals surface area contributed by atoms with E-state index < -0.39 is 36.7 Å². The van der Waals surface area contributed by atoms with Gasteiger partial charge >= 0.3 is 0 Å². The van der Waals surface area contributed by atoms with E-state index >= 15 is 0 Å². The Morgan fingerprint density at radius 2 is 2.20 bits per heavy atom. The number of halogens is 3. The van der Waals surface area contributed by atoms with Crippen molar-refractivity contribution in [2.75, 3.05) is 11.9 Å². The van der Waals surface area contributed by atoms with Crippen molar-refractivity contribution in [3.63, 3.8) is 0 Å². The molecule has 1 atom stereocenters. The number of rotatable bonds is 5. The predicted octanol–water partition coefficient (Wildman–Crippen LogP) is 2.74. The quantitative estimate of drug-likeness (QED) is 0.870. The number of carbonyl (C=O) groups is 1. The van der Waals surface area contributed by atoms with Crippen LogP contribution >= 0.6 is 0 Å². The molecule has 1 saturated heterocycles. The minimum Gasteiger partial charge on any atom is -0.484 e. The Kier molecular flexibility index (Phi) is 4.89. The molecule has 1 aliphatic rings. The normalized spacial score (nSPS) is 18.8. The van der Waals surface area contributed by atoms with E-state index in [2.05, 4.69) is 15.6 Å². The van der Waals surface area contributed by atoms with Crippen LogP contribution in [-0.2, 0) is 11.4 Å². The second-order valence-corrected chi connectivity index (χ2v) is 5.74. The highest BCUT2D eigenvalue weighted by atomic mass is 19.3. The van der Waals surface area contributed by atoms with E-state index in [1.165, 1.54) is 12.1 Å². The molecule has 0 aliphatic carbocycles. The summed E-state index contributed by atoms with van der Waals surface area (Å²) in [6, 6.07) is 8.19. The maximum Gasteiger partial charge on any atom is 0.262 e. The van der Waals surface area contributed by atoms with Crippen LogP contribution in [0.25, 0.3) is 0 Å². The van der Waals surface area contributed by atoms with Crippen molar-refractivity contribution < 1.29 is 22.7 Å². The molecule has 2 N–H and O–H groups in total. The van der Waals surface area contributed by atoms with Crippen LogP contribution in [0.4, 0.5) is 18.9 Å². The van der Waals surface area contributed by atoms with Crippen LogP contribution in [0, 0.1) is 5.82 Å². The molecule has 1 unspecified atom stereocenters. The molecule has 8 heteroatoms. The summed E-state index contributed by atoms with van der Waals surface area (Å²) in [5.41, 5.74) is 0.817. The molecule has 1 fully saturated rings. The molecular weight excluding hydrogens is 335 g/mol. The molecular formula is C17H16F3N3O2. The molecule has 5 nitrogen and oxygen atoms in total. The van der Waals surface area contributed by atoms with Gasteiger partial charge in [-0.05, 0) is 24.3 Å². The van der Waals surface area contributed by atoms with Gasteiger partial charge in [0.05, 0.1) is 18.3 Å². The molecule has 0 spiro atoms. The Labute approximate surface area is 142 Å². The number of ether oxygens (including phenoxy) is 1. The van der Waals surface area contributed by atoms with Gasteiger partial charge in [0.15, 0.2) is 11.6 Å². The molecule has 0 bridgehead atoms. The van der Waals surface area contributed by atoms with Gasteiger partial charge in [-0.15, -0.1) is 0 Å².